The third kappa shape index (κ3) is 7.58. The molecule has 0 aliphatic rings. The molecule has 0 saturated carbocycles. The van der Waals surface area contributed by atoms with Crippen molar-refractivity contribution in [3.05, 3.63) is 53.6 Å². The number of benzene rings is 2. The van der Waals surface area contributed by atoms with E-state index < -0.39 is 35.6 Å². The standard InChI is InChI=1S/C26H31N3O6S/c1-7-29(24(32)20(15-36)28-25(33)35-26(3,4)5)22(17-8-13-21(30)16(2)14-17)23(31)27-18-9-11-19(34-6)12-10-18/h1,8-14,20,22,30,36H,15H2,2-6H3,(H,27,31)(H,28,33). The van der Waals surface area contributed by atoms with Gasteiger partial charge >= 0.3 is 6.09 Å². The first-order valence-electron chi connectivity index (χ1n) is 11.0. The maximum atomic E-state index is 13.5. The highest BCUT2D eigenvalue weighted by atomic mass is 32.1. The molecule has 0 saturated heterocycles. The Kier molecular flexibility index (Phi) is 9.64. The zero-order chi connectivity index (χ0) is 27.0. The van der Waals surface area contributed by atoms with Crippen LogP contribution in [-0.2, 0) is 14.3 Å². The van der Waals surface area contributed by atoms with Crippen molar-refractivity contribution in [1.29, 1.82) is 0 Å². The summed E-state index contributed by atoms with van der Waals surface area (Å²) in [4.78, 5) is 40.1. The molecule has 0 aromatic heterocycles. The number of aryl methyl sites for hydroxylation is 1. The van der Waals surface area contributed by atoms with E-state index in [-0.39, 0.29) is 11.5 Å². The summed E-state index contributed by atoms with van der Waals surface area (Å²) in [7, 11) is 1.52. The molecule has 0 radical (unpaired) electrons. The van der Waals surface area contributed by atoms with Crippen molar-refractivity contribution in [3.8, 4) is 24.0 Å². The number of rotatable bonds is 8. The third-order valence-corrected chi connectivity index (χ3v) is 5.31. The van der Waals surface area contributed by atoms with Crippen molar-refractivity contribution < 1.29 is 29.0 Å². The normalized spacial score (nSPS) is 12.5. The number of carbonyl (C=O) groups is 3. The van der Waals surface area contributed by atoms with Gasteiger partial charge in [-0.2, -0.15) is 12.6 Å². The molecule has 36 heavy (non-hydrogen) atoms. The van der Waals surface area contributed by atoms with E-state index >= 15 is 0 Å². The molecule has 2 rings (SSSR count). The first-order chi connectivity index (χ1) is 16.9. The fourth-order valence-corrected chi connectivity index (χ4v) is 3.47. The van der Waals surface area contributed by atoms with Gasteiger partial charge in [0.1, 0.15) is 29.2 Å². The van der Waals surface area contributed by atoms with Gasteiger partial charge in [0.2, 0.25) is 0 Å². The van der Waals surface area contributed by atoms with Crippen molar-refractivity contribution in [3.63, 3.8) is 0 Å². The largest absolute Gasteiger partial charge is 0.508 e. The van der Waals surface area contributed by atoms with Crippen LogP contribution in [0.3, 0.4) is 0 Å². The van der Waals surface area contributed by atoms with Gasteiger partial charge in [-0.05, 0) is 75.2 Å². The number of aromatic hydroxyl groups is 1. The average Bonchev–Trinajstić information content (AvgIpc) is 2.81. The SMILES string of the molecule is C#CN(C(=O)C(CS)NC(=O)OC(C)(C)C)C(C(=O)Nc1ccc(OC)cc1)c1ccc(O)c(C)c1. The van der Waals surface area contributed by atoms with Crippen LogP contribution < -0.4 is 15.4 Å². The van der Waals surface area contributed by atoms with E-state index in [9.17, 15) is 19.5 Å². The van der Waals surface area contributed by atoms with E-state index in [1.54, 1.807) is 58.0 Å². The van der Waals surface area contributed by atoms with E-state index in [0.29, 0.717) is 22.6 Å². The van der Waals surface area contributed by atoms with Crippen LogP contribution in [0.4, 0.5) is 10.5 Å². The molecular weight excluding hydrogens is 482 g/mol. The van der Waals surface area contributed by atoms with Crippen LogP contribution in [0.15, 0.2) is 42.5 Å². The molecule has 0 spiro atoms. The second-order valence-electron chi connectivity index (χ2n) is 8.88. The summed E-state index contributed by atoms with van der Waals surface area (Å²) >= 11 is 4.18. The Morgan fingerprint density at radius 2 is 1.81 bits per heavy atom. The van der Waals surface area contributed by atoms with E-state index in [1.165, 1.54) is 19.2 Å². The molecule has 9 nitrogen and oxygen atoms in total. The predicted octanol–water partition coefficient (Wildman–Crippen LogP) is 3.63. The van der Waals surface area contributed by atoms with Gasteiger partial charge in [0.05, 0.1) is 7.11 Å². The molecule has 3 amide bonds. The quantitative estimate of drug-likeness (QED) is 0.243. The van der Waals surface area contributed by atoms with Gasteiger partial charge in [0.25, 0.3) is 11.8 Å². The summed E-state index contributed by atoms with van der Waals surface area (Å²) in [5.74, 6) is -0.821. The van der Waals surface area contributed by atoms with Crippen molar-refractivity contribution in [2.24, 2.45) is 0 Å². The number of alkyl carbamates (subject to hydrolysis) is 1. The summed E-state index contributed by atoms with van der Waals surface area (Å²) in [5.41, 5.74) is 0.502. The number of hydrogen-bond acceptors (Lipinski definition) is 7. The molecule has 0 fully saturated rings. The summed E-state index contributed by atoms with van der Waals surface area (Å²) in [6.07, 6.45) is 4.89. The number of carbonyl (C=O) groups excluding carboxylic acids is 3. The second-order valence-corrected chi connectivity index (χ2v) is 9.25. The Hall–Kier alpha value is -3.84. The number of phenols is 1. The summed E-state index contributed by atoms with van der Waals surface area (Å²) in [6, 6.07) is 10.9. The van der Waals surface area contributed by atoms with Crippen LogP contribution in [0.2, 0.25) is 0 Å². The van der Waals surface area contributed by atoms with Crippen LogP contribution >= 0.6 is 12.6 Å². The molecular formula is C26H31N3O6S. The molecule has 10 heteroatoms. The lowest BCUT2D eigenvalue weighted by molar-refractivity contribution is -0.136. The number of phenolic OH excluding ortho intramolecular Hbond substituents is 1. The number of anilines is 1. The highest BCUT2D eigenvalue weighted by Gasteiger charge is 2.35. The molecule has 0 bridgehead atoms. The van der Waals surface area contributed by atoms with Gasteiger partial charge in [-0.1, -0.05) is 12.5 Å². The third-order valence-electron chi connectivity index (χ3n) is 4.95. The molecule has 2 aromatic rings. The minimum atomic E-state index is -1.29. The highest BCUT2D eigenvalue weighted by molar-refractivity contribution is 7.80. The topological polar surface area (TPSA) is 117 Å². The molecule has 0 aliphatic heterocycles. The molecule has 2 unspecified atom stereocenters. The Morgan fingerprint density at radius 1 is 1.17 bits per heavy atom. The summed E-state index contributed by atoms with van der Waals surface area (Å²) in [6.45, 7) is 6.71. The maximum Gasteiger partial charge on any atom is 0.408 e. The molecule has 2 atom stereocenters. The van der Waals surface area contributed by atoms with Gasteiger partial charge in [-0.3, -0.25) is 14.5 Å². The molecule has 0 aliphatic carbocycles. The van der Waals surface area contributed by atoms with Gasteiger partial charge < -0.3 is 25.2 Å². The maximum absolute atomic E-state index is 13.5. The van der Waals surface area contributed by atoms with Gasteiger partial charge in [-0.15, -0.1) is 0 Å². The fourth-order valence-electron chi connectivity index (χ4n) is 3.22. The summed E-state index contributed by atoms with van der Waals surface area (Å²) < 4.78 is 10.4. The van der Waals surface area contributed by atoms with Gasteiger partial charge in [0.15, 0.2) is 0 Å². The fraction of sp³-hybridized carbons (Fsp3) is 0.346. The van der Waals surface area contributed by atoms with Crippen LogP contribution in [-0.4, -0.2) is 52.4 Å². The van der Waals surface area contributed by atoms with Crippen molar-refractivity contribution in [1.82, 2.24) is 10.2 Å². The predicted molar refractivity (Wildman–Crippen MR) is 140 cm³/mol. The van der Waals surface area contributed by atoms with Gasteiger partial charge in [0, 0.05) is 17.5 Å². The Balaban J connectivity index is 2.42. The van der Waals surface area contributed by atoms with E-state index in [1.807, 2.05) is 0 Å². The second kappa shape index (κ2) is 12.2. The molecule has 0 heterocycles. The highest BCUT2D eigenvalue weighted by Crippen LogP contribution is 2.28. The monoisotopic (exact) mass is 513 g/mol. The number of methoxy groups -OCH3 is 1. The van der Waals surface area contributed by atoms with Crippen molar-refractivity contribution in [2.45, 2.75) is 45.4 Å². The van der Waals surface area contributed by atoms with Gasteiger partial charge in [-0.25, -0.2) is 4.79 Å². The lowest BCUT2D eigenvalue weighted by Crippen LogP contribution is -2.51. The number of nitrogens with zero attached hydrogens (tertiary/aromatic N) is 1. The number of terminal acetylenes is 1. The van der Waals surface area contributed by atoms with E-state index in [4.69, 9.17) is 15.9 Å². The van der Waals surface area contributed by atoms with E-state index in [2.05, 4.69) is 29.3 Å². The lowest BCUT2D eigenvalue weighted by atomic mass is 10.0. The number of ether oxygens (including phenoxy) is 2. The minimum Gasteiger partial charge on any atom is -0.508 e. The number of hydrogen-bond donors (Lipinski definition) is 4. The van der Waals surface area contributed by atoms with Crippen LogP contribution in [0.5, 0.6) is 11.5 Å². The summed E-state index contributed by atoms with van der Waals surface area (Å²) in [5, 5.41) is 15.2. The van der Waals surface area contributed by atoms with Crippen LogP contribution in [0.1, 0.15) is 37.9 Å². The Labute approximate surface area is 216 Å². The first-order valence-corrected chi connectivity index (χ1v) is 11.7. The zero-order valence-electron chi connectivity index (χ0n) is 20.9. The first kappa shape index (κ1) is 28.4. The minimum absolute atomic E-state index is 0.0199. The molecule has 3 N–H and O–H groups in total. The lowest BCUT2D eigenvalue weighted by Gasteiger charge is -2.30. The number of thiol groups is 1. The number of nitrogens with one attached hydrogen (secondary N) is 2. The number of amides is 3. The Bertz CT molecular complexity index is 1140. The van der Waals surface area contributed by atoms with Crippen LogP contribution in [0, 0.1) is 19.4 Å². The smallest absolute Gasteiger partial charge is 0.408 e. The van der Waals surface area contributed by atoms with Crippen molar-refractivity contribution >= 4 is 36.2 Å². The molecule has 2 aromatic carbocycles. The Morgan fingerprint density at radius 3 is 2.31 bits per heavy atom. The van der Waals surface area contributed by atoms with Crippen molar-refractivity contribution in [2.75, 3.05) is 18.2 Å². The van der Waals surface area contributed by atoms with Crippen LogP contribution in [0.25, 0.3) is 0 Å². The molecule has 192 valence electrons. The zero-order valence-corrected chi connectivity index (χ0v) is 21.8. The average molecular weight is 514 g/mol. The van der Waals surface area contributed by atoms with E-state index in [0.717, 1.165) is 4.90 Å².